The van der Waals surface area contributed by atoms with Gasteiger partial charge in [-0.1, -0.05) is 43.3 Å². The fourth-order valence-corrected chi connectivity index (χ4v) is 1.28. The van der Waals surface area contributed by atoms with E-state index in [0.717, 1.165) is 0 Å². The summed E-state index contributed by atoms with van der Waals surface area (Å²) in [6, 6.07) is 8.91. The van der Waals surface area contributed by atoms with Crippen LogP contribution < -0.4 is 5.19 Å². The minimum atomic E-state index is 0.669. The maximum absolute atomic E-state index is 2.23. The Morgan fingerprint density at radius 2 is 1.60 bits per heavy atom. The Bertz CT molecular complexity index is 198. The molecule has 1 heteroatoms. The molecule has 0 amide bonds. The van der Waals surface area contributed by atoms with Crippen molar-refractivity contribution in [3.63, 3.8) is 0 Å². The smallest absolute Gasteiger partial charge is 0.0384 e. The van der Waals surface area contributed by atoms with Gasteiger partial charge in [-0.2, -0.15) is 0 Å². The van der Waals surface area contributed by atoms with Crippen molar-refractivity contribution in [3.05, 3.63) is 29.8 Å². The zero-order valence-electron chi connectivity index (χ0n) is 6.89. The molecule has 0 bridgehead atoms. The average Bonchev–Trinajstić information content (AvgIpc) is 1.88. The van der Waals surface area contributed by atoms with Crippen molar-refractivity contribution in [2.45, 2.75) is 19.8 Å². The largest absolute Gasteiger partial charge is 0.0707 e. The highest BCUT2D eigenvalue weighted by Gasteiger charge is 1.95. The van der Waals surface area contributed by atoms with Crippen molar-refractivity contribution in [2.75, 3.05) is 0 Å². The van der Waals surface area contributed by atoms with E-state index in [1.165, 1.54) is 21.0 Å². The third kappa shape index (κ3) is 1.71. The lowest BCUT2D eigenvalue weighted by Gasteiger charge is -2.03. The van der Waals surface area contributed by atoms with Crippen molar-refractivity contribution in [1.82, 2.24) is 0 Å². The van der Waals surface area contributed by atoms with E-state index in [1.54, 1.807) is 0 Å². The van der Waals surface area contributed by atoms with Crippen LogP contribution in [0.25, 0.3) is 0 Å². The molecular formula is C9H14Si. The fourth-order valence-electron chi connectivity index (χ4n) is 0.951. The molecule has 1 aromatic rings. The summed E-state index contributed by atoms with van der Waals surface area (Å²) in [4.78, 5) is 0. The molecule has 0 atom stereocenters. The number of hydrogen-bond acceptors (Lipinski definition) is 0. The molecule has 54 valence electrons. The highest BCUT2D eigenvalue weighted by Crippen LogP contribution is 2.10. The third-order valence-electron chi connectivity index (χ3n) is 1.74. The fraction of sp³-hybridized carbons (Fsp3) is 0.333. The summed E-state index contributed by atoms with van der Waals surface area (Å²) >= 11 is 0. The summed E-state index contributed by atoms with van der Waals surface area (Å²) < 4.78 is 0. The van der Waals surface area contributed by atoms with Crippen LogP contribution in [0.5, 0.6) is 0 Å². The molecule has 1 rings (SSSR count). The van der Waals surface area contributed by atoms with Gasteiger partial charge in [-0.05, 0) is 11.5 Å². The molecule has 10 heavy (non-hydrogen) atoms. The minimum Gasteiger partial charge on any atom is -0.0707 e. The second-order valence-corrected chi connectivity index (χ2v) is 4.22. The van der Waals surface area contributed by atoms with Crippen LogP contribution in [-0.2, 0) is 0 Å². The highest BCUT2D eigenvalue weighted by molar-refractivity contribution is 6.32. The lowest BCUT2D eigenvalue weighted by Crippen LogP contribution is -2.00. The Hall–Kier alpha value is -0.563. The van der Waals surface area contributed by atoms with E-state index in [4.69, 9.17) is 0 Å². The molecule has 0 nitrogen and oxygen atoms in total. The van der Waals surface area contributed by atoms with Crippen LogP contribution in [0.1, 0.15) is 25.3 Å². The van der Waals surface area contributed by atoms with E-state index in [0.29, 0.717) is 5.92 Å². The number of benzene rings is 1. The van der Waals surface area contributed by atoms with Gasteiger partial charge in [0.1, 0.15) is 0 Å². The Morgan fingerprint density at radius 1 is 1.10 bits per heavy atom. The summed E-state index contributed by atoms with van der Waals surface area (Å²) in [5, 5.41) is 1.48. The molecule has 0 radical (unpaired) electrons. The molecular weight excluding hydrogens is 136 g/mol. The van der Waals surface area contributed by atoms with Crippen molar-refractivity contribution >= 4 is 15.4 Å². The van der Waals surface area contributed by atoms with Gasteiger partial charge >= 0.3 is 0 Å². The molecule has 0 saturated heterocycles. The van der Waals surface area contributed by atoms with Gasteiger partial charge in [0.2, 0.25) is 0 Å². The zero-order valence-corrected chi connectivity index (χ0v) is 8.89. The monoisotopic (exact) mass is 150 g/mol. The van der Waals surface area contributed by atoms with Crippen LogP contribution in [0.3, 0.4) is 0 Å². The molecule has 0 fully saturated rings. The Morgan fingerprint density at radius 3 is 2.00 bits per heavy atom. The molecule has 0 aliphatic carbocycles. The first-order valence-electron chi connectivity index (χ1n) is 3.76. The first-order chi connectivity index (χ1) is 4.70. The SMILES string of the molecule is CC(C)c1ccc([SiH3])cc1. The first kappa shape index (κ1) is 7.54. The molecule has 0 saturated carbocycles. The van der Waals surface area contributed by atoms with Gasteiger partial charge in [-0.3, -0.25) is 0 Å². The van der Waals surface area contributed by atoms with E-state index in [1.807, 2.05) is 0 Å². The summed E-state index contributed by atoms with van der Waals surface area (Å²) in [6.45, 7) is 4.45. The van der Waals surface area contributed by atoms with Gasteiger partial charge in [0.05, 0.1) is 0 Å². The van der Waals surface area contributed by atoms with Gasteiger partial charge < -0.3 is 0 Å². The molecule has 0 unspecified atom stereocenters. The summed E-state index contributed by atoms with van der Waals surface area (Å²) in [5.74, 6) is 0.669. The molecule has 0 spiro atoms. The molecule has 1 aromatic carbocycles. The number of rotatable bonds is 1. The van der Waals surface area contributed by atoms with Crippen LogP contribution in [-0.4, -0.2) is 10.2 Å². The van der Waals surface area contributed by atoms with E-state index in [9.17, 15) is 0 Å². The Balaban J connectivity index is 2.89. The van der Waals surface area contributed by atoms with Gasteiger partial charge in [0.15, 0.2) is 0 Å². The average molecular weight is 150 g/mol. The predicted octanol–water partition coefficient (Wildman–Crippen LogP) is 0.801. The lowest BCUT2D eigenvalue weighted by atomic mass is 10.0. The Kier molecular flexibility index (Phi) is 2.28. The van der Waals surface area contributed by atoms with Crippen molar-refractivity contribution in [3.8, 4) is 0 Å². The lowest BCUT2D eigenvalue weighted by molar-refractivity contribution is 0.867. The van der Waals surface area contributed by atoms with Crippen molar-refractivity contribution in [2.24, 2.45) is 0 Å². The van der Waals surface area contributed by atoms with Crippen molar-refractivity contribution < 1.29 is 0 Å². The summed E-state index contributed by atoms with van der Waals surface area (Å²) in [7, 11) is 1.17. The topological polar surface area (TPSA) is 0 Å². The van der Waals surface area contributed by atoms with E-state index < -0.39 is 0 Å². The van der Waals surface area contributed by atoms with E-state index in [-0.39, 0.29) is 0 Å². The van der Waals surface area contributed by atoms with Crippen LogP contribution >= 0.6 is 0 Å². The van der Waals surface area contributed by atoms with Gasteiger partial charge in [0, 0.05) is 10.2 Å². The summed E-state index contributed by atoms with van der Waals surface area (Å²) in [5.41, 5.74) is 1.44. The van der Waals surface area contributed by atoms with Crippen LogP contribution in [0, 0.1) is 0 Å². The second kappa shape index (κ2) is 3.02. The molecule has 0 aliphatic heterocycles. The maximum Gasteiger partial charge on any atom is 0.0384 e. The van der Waals surface area contributed by atoms with Crippen molar-refractivity contribution in [1.29, 1.82) is 0 Å². The molecule has 0 heterocycles. The second-order valence-electron chi connectivity index (χ2n) is 3.07. The molecule has 0 N–H and O–H groups in total. The standard InChI is InChI=1S/C9H14Si/c1-7(2)8-3-5-9(10)6-4-8/h3-7H,1-2,10H3. The highest BCUT2D eigenvalue weighted by atomic mass is 28.1. The van der Waals surface area contributed by atoms with Gasteiger partial charge in [0.25, 0.3) is 0 Å². The predicted molar refractivity (Wildman–Crippen MR) is 50.1 cm³/mol. The van der Waals surface area contributed by atoms with Crippen LogP contribution in [0.2, 0.25) is 0 Å². The first-order valence-corrected chi connectivity index (χ1v) is 4.76. The van der Waals surface area contributed by atoms with Gasteiger partial charge in [-0.15, -0.1) is 0 Å². The van der Waals surface area contributed by atoms with Crippen LogP contribution in [0.15, 0.2) is 24.3 Å². The van der Waals surface area contributed by atoms with Crippen LogP contribution in [0.4, 0.5) is 0 Å². The van der Waals surface area contributed by atoms with Gasteiger partial charge in [-0.25, -0.2) is 0 Å². The van der Waals surface area contributed by atoms with E-state index in [2.05, 4.69) is 38.1 Å². The summed E-state index contributed by atoms with van der Waals surface area (Å²) in [6.07, 6.45) is 0. The number of hydrogen-bond donors (Lipinski definition) is 0. The normalized spacial score (nSPS) is 10.7. The molecule has 0 aromatic heterocycles. The quantitative estimate of drug-likeness (QED) is 0.520. The minimum absolute atomic E-state index is 0.669. The zero-order chi connectivity index (χ0) is 7.56. The molecule has 0 aliphatic rings. The third-order valence-corrected chi connectivity index (χ3v) is 2.41. The van der Waals surface area contributed by atoms with E-state index >= 15 is 0 Å². The Labute approximate surface area is 65.7 Å². The maximum atomic E-state index is 2.23.